The van der Waals surface area contributed by atoms with E-state index in [2.05, 4.69) is 0 Å². The zero-order valence-electron chi connectivity index (χ0n) is 9.23. The van der Waals surface area contributed by atoms with Crippen LogP contribution in [-0.2, 0) is 9.53 Å². The lowest BCUT2D eigenvalue weighted by molar-refractivity contribution is -0.149. The van der Waals surface area contributed by atoms with Gasteiger partial charge in [0.1, 0.15) is 12.1 Å². The first-order valence-corrected chi connectivity index (χ1v) is 5.53. The summed E-state index contributed by atoms with van der Waals surface area (Å²) in [7, 11) is 0. The van der Waals surface area contributed by atoms with Gasteiger partial charge in [0, 0.05) is 12.0 Å². The predicted molar refractivity (Wildman–Crippen MR) is 55.7 cm³/mol. The number of likely N-dealkylation sites (tertiary alicyclic amines) is 1. The van der Waals surface area contributed by atoms with E-state index in [-0.39, 0.29) is 11.7 Å². The Morgan fingerprint density at radius 1 is 1.33 bits per heavy atom. The highest BCUT2D eigenvalue weighted by atomic mass is 19.2. The lowest BCUT2D eigenvalue weighted by Gasteiger charge is -2.25. The molecule has 0 saturated carbocycles. The summed E-state index contributed by atoms with van der Waals surface area (Å²) >= 11 is 0. The summed E-state index contributed by atoms with van der Waals surface area (Å²) in [6, 6.07) is 2.36. The van der Waals surface area contributed by atoms with Crippen molar-refractivity contribution >= 4 is 11.9 Å². The third-order valence-corrected chi connectivity index (χ3v) is 3.25. The maximum Gasteiger partial charge on any atom is 0.329 e. The lowest BCUT2D eigenvalue weighted by atomic mass is 10.1. The van der Waals surface area contributed by atoms with Gasteiger partial charge in [0.15, 0.2) is 11.6 Å². The predicted octanol–water partition coefficient (Wildman–Crippen LogP) is 1.10. The Kier molecular flexibility index (Phi) is 2.33. The number of halogens is 2. The molecule has 0 radical (unpaired) electrons. The molecule has 1 aromatic rings. The van der Waals surface area contributed by atoms with Crippen LogP contribution in [0.1, 0.15) is 16.8 Å². The number of carbonyl (C=O) groups is 2. The van der Waals surface area contributed by atoms with Crippen LogP contribution in [0.3, 0.4) is 0 Å². The van der Waals surface area contributed by atoms with E-state index >= 15 is 0 Å². The summed E-state index contributed by atoms with van der Waals surface area (Å²) < 4.78 is 30.8. The average Bonchev–Trinajstić information content (AvgIpc) is 2.90. The molecule has 2 saturated heterocycles. The number of rotatable bonds is 1. The van der Waals surface area contributed by atoms with E-state index < -0.39 is 29.6 Å². The Hall–Kier alpha value is -1.98. The average molecular weight is 253 g/mol. The van der Waals surface area contributed by atoms with E-state index in [1.54, 1.807) is 0 Å². The van der Waals surface area contributed by atoms with Gasteiger partial charge in [-0.25, -0.2) is 13.6 Å². The zero-order chi connectivity index (χ0) is 12.9. The van der Waals surface area contributed by atoms with Crippen molar-refractivity contribution in [1.29, 1.82) is 0 Å². The molecule has 1 amide bonds. The summed E-state index contributed by atoms with van der Waals surface area (Å²) in [5.41, 5.74) is 0.0363. The van der Waals surface area contributed by atoms with Crippen LogP contribution in [0.5, 0.6) is 0 Å². The number of amides is 1. The molecule has 2 atom stereocenters. The second kappa shape index (κ2) is 3.76. The molecule has 4 nitrogen and oxygen atoms in total. The highest BCUT2D eigenvalue weighted by Gasteiger charge is 2.48. The number of ether oxygens (including phenoxy) is 1. The van der Waals surface area contributed by atoms with Gasteiger partial charge < -0.3 is 9.64 Å². The normalized spacial score (nSPS) is 25.4. The summed E-state index contributed by atoms with van der Waals surface area (Å²) in [5, 5.41) is 0. The van der Waals surface area contributed by atoms with E-state index in [1.807, 2.05) is 0 Å². The number of hydrogen-bond donors (Lipinski definition) is 0. The molecule has 3 rings (SSSR count). The van der Waals surface area contributed by atoms with Crippen molar-refractivity contribution in [3.05, 3.63) is 35.4 Å². The molecule has 2 aliphatic rings. The van der Waals surface area contributed by atoms with Crippen LogP contribution >= 0.6 is 0 Å². The molecule has 18 heavy (non-hydrogen) atoms. The van der Waals surface area contributed by atoms with E-state index in [1.165, 1.54) is 11.0 Å². The van der Waals surface area contributed by atoms with E-state index in [4.69, 9.17) is 4.74 Å². The smallest absolute Gasteiger partial charge is 0.329 e. The molecule has 94 valence electrons. The molecule has 2 aliphatic heterocycles. The van der Waals surface area contributed by atoms with Crippen molar-refractivity contribution in [2.24, 2.45) is 0 Å². The molecule has 2 heterocycles. The Bertz CT molecular complexity index is 546. The molecular formula is C12H9F2NO3. The highest BCUT2D eigenvalue weighted by Crippen LogP contribution is 2.30. The third kappa shape index (κ3) is 1.56. The Balaban J connectivity index is 1.87. The third-order valence-electron chi connectivity index (χ3n) is 3.25. The second-order valence-electron chi connectivity index (χ2n) is 4.40. The standard InChI is InChI=1S/C12H9F2NO3/c13-8-2-1-6(3-9(8)14)11(16)15-5-7-4-10(15)12(17)18-7/h1-3,7,10H,4-5H2/t7-,10+/m0/s1. The fourth-order valence-electron chi connectivity index (χ4n) is 2.37. The maximum atomic E-state index is 13.1. The van der Waals surface area contributed by atoms with Crippen molar-refractivity contribution in [2.45, 2.75) is 18.6 Å². The van der Waals surface area contributed by atoms with E-state index in [0.717, 1.165) is 12.1 Å². The van der Waals surface area contributed by atoms with Crippen molar-refractivity contribution in [1.82, 2.24) is 4.90 Å². The van der Waals surface area contributed by atoms with Crippen LogP contribution in [0.4, 0.5) is 8.78 Å². The molecule has 0 aromatic heterocycles. The summed E-state index contributed by atoms with van der Waals surface area (Å²) in [4.78, 5) is 24.8. The van der Waals surface area contributed by atoms with Crippen molar-refractivity contribution in [2.75, 3.05) is 6.54 Å². The molecular weight excluding hydrogens is 244 g/mol. The van der Waals surface area contributed by atoms with Crippen LogP contribution in [0.25, 0.3) is 0 Å². The van der Waals surface area contributed by atoms with Gasteiger partial charge in [0.05, 0.1) is 6.54 Å². The lowest BCUT2D eigenvalue weighted by Crippen LogP contribution is -2.44. The molecule has 1 aromatic carbocycles. The molecule has 6 heteroatoms. The van der Waals surface area contributed by atoms with Gasteiger partial charge in [-0.15, -0.1) is 0 Å². The second-order valence-corrected chi connectivity index (χ2v) is 4.40. The summed E-state index contributed by atoms with van der Waals surface area (Å²) in [6.45, 7) is 0.314. The molecule has 2 fully saturated rings. The number of carbonyl (C=O) groups excluding carboxylic acids is 2. The van der Waals surface area contributed by atoms with Crippen molar-refractivity contribution in [3.63, 3.8) is 0 Å². The Labute approximate surface area is 101 Å². The number of nitrogens with zero attached hydrogens (tertiary/aromatic N) is 1. The Morgan fingerprint density at radius 2 is 2.11 bits per heavy atom. The molecule has 0 aliphatic carbocycles. The molecule has 0 unspecified atom stereocenters. The van der Waals surface area contributed by atoms with E-state index in [9.17, 15) is 18.4 Å². The minimum atomic E-state index is -1.08. The van der Waals surface area contributed by atoms with Crippen LogP contribution in [0, 0.1) is 11.6 Å². The zero-order valence-corrected chi connectivity index (χ0v) is 9.23. The fourth-order valence-corrected chi connectivity index (χ4v) is 2.37. The first-order chi connectivity index (χ1) is 8.56. The SMILES string of the molecule is O=C1O[C@H]2C[C@H]1N(C(=O)c1ccc(F)c(F)c1)C2. The molecule has 0 N–H and O–H groups in total. The quantitative estimate of drug-likeness (QED) is 0.704. The van der Waals surface area contributed by atoms with Crippen molar-refractivity contribution < 1.29 is 23.1 Å². The van der Waals surface area contributed by atoms with Crippen LogP contribution in [-0.4, -0.2) is 35.5 Å². The van der Waals surface area contributed by atoms with Crippen molar-refractivity contribution in [3.8, 4) is 0 Å². The minimum Gasteiger partial charge on any atom is -0.459 e. The molecule has 0 spiro atoms. The largest absolute Gasteiger partial charge is 0.459 e. The van der Waals surface area contributed by atoms with Gasteiger partial charge in [-0.3, -0.25) is 4.79 Å². The first-order valence-electron chi connectivity index (χ1n) is 5.53. The Morgan fingerprint density at radius 3 is 2.72 bits per heavy atom. The number of benzene rings is 1. The van der Waals surface area contributed by atoms with Gasteiger partial charge in [-0.1, -0.05) is 0 Å². The van der Waals surface area contributed by atoms with Gasteiger partial charge >= 0.3 is 5.97 Å². The van der Waals surface area contributed by atoms with E-state index in [0.29, 0.717) is 13.0 Å². The van der Waals surface area contributed by atoms with Gasteiger partial charge in [-0.2, -0.15) is 0 Å². The number of hydrogen-bond acceptors (Lipinski definition) is 3. The van der Waals surface area contributed by atoms with Crippen LogP contribution in [0.15, 0.2) is 18.2 Å². The first kappa shape index (κ1) is 11.1. The van der Waals surface area contributed by atoms with Gasteiger partial charge in [-0.05, 0) is 18.2 Å². The van der Waals surface area contributed by atoms with Crippen LogP contribution in [0.2, 0.25) is 0 Å². The monoisotopic (exact) mass is 253 g/mol. The van der Waals surface area contributed by atoms with Crippen LogP contribution < -0.4 is 0 Å². The number of morpholine rings is 1. The minimum absolute atomic E-state index is 0.0363. The number of fused-ring (bicyclic) bond motifs is 2. The topological polar surface area (TPSA) is 46.6 Å². The summed E-state index contributed by atoms with van der Waals surface area (Å²) in [6.07, 6.45) is 0.214. The number of esters is 1. The summed E-state index contributed by atoms with van der Waals surface area (Å²) in [5.74, 6) is -2.98. The van der Waals surface area contributed by atoms with Gasteiger partial charge in [0.2, 0.25) is 0 Å². The molecule has 2 bridgehead atoms. The fraction of sp³-hybridized carbons (Fsp3) is 0.333. The maximum absolute atomic E-state index is 13.1. The van der Waals surface area contributed by atoms with Gasteiger partial charge in [0.25, 0.3) is 5.91 Å². The highest BCUT2D eigenvalue weighted by molar-refractivity contribution is 5.98.